The summed E-state index contributed by atoms with van der Waals surface area (Å²) in [5, 5.41) is 0. The van der Waals surface area contributed by atoms with Gasteiger partial charge in [-0.2, -0.15) is 0 Å². The van der Waals surface area contributed by atoms with E-state index in [0.717, 1.165) is 6.42 Å². The lowest BCUT2D eigenvalue weighted by molar-refractivity contribution is -0.142. The van der Waals surface area contributed by atoms with E-state index in [4.69, 9.17) is 14.2 Å². The number of sulfonamides is 1. The highest BCUT2D eigenvalue weighted by molar-refractivity contribution is 7.92. The Morgan fingerprint density at radius 3 is 2.40 bits per heavy atom. The molecule has 0 unspecified atom stereocenters. The van der Waals surface area contributed by atoms with Crippen molar-refractivity contribution in [2.45, 2.75) is 38.2 Å². The summed E-state index contributed by atoms with van der Waals surface area (Å²) in [5.41, 5.74) is 0.0564. The first kappa shape index (κ1) is 24.8. The van der Waals surface area contributed by atoms with Gasteiger partial charge >= 0.3 is 5.97 Å². The Bertz CT molecular complexity index is 1200. The van der Waals surface area contributed by atoms with E-state index in [9.17, 15) is 18.0 Å². The van der Waals surface area contributed by atoms with Gasteiger partial charge in [0.05, 0.1) is 16.1 Å². The van der Waals surface area contributed by atoms with Gasteiger partial charge < -0.3 is 19.1 Å². The number of benzene rings is 2. The second-order valence-corrected chi connectivity index (χ2v) is 10.9. The SMILES string of the molecule is C[C@H]1C[C@H](C)CN(C(=O)[C@@H](C)OC(=O)c2ccccc2NS(=O)(=O)c2ccc3c(c2)OCCO3)C1. The molecule has 1 amide bonds. The standard InChI is InChI=1S/C25H30N2O7S/c1-16-12-17(2)15-27(14-16)24(28)18(3)34-25(29)20-6-4-5-7-21(20)26-35(30,31)19-8-9-22-23(13-19)33-11-10-32-22/h4-9,13,16-18,26H,10-12,14-15H2,1-3H3/t16-,17-,18+/m0/s1. The molecule has 10 heteroatoms. The first-order valence-corrected chi connectivity index (χ1v) is 13.1. The number of rotatable bonds is 6. The molecule has 2 aliphatic rings. The number of amides is 1. The number of carbonyl (C=O) groups is 2. The summed E-state index contributed by atoms with van der Waals surface area (Å²) in [5.74, 6) is 0.508. The molecule has 2 heterocycles. The van der Waals surface area contributed by atoms with Gasteiger partial charge in [-0.15, -0.1) is 0 Å². The van der Waals surface area contributed by atoms with Crippen LogP contribution in [0.4, 0.5) is 5.69 Å². The van der Waals surface area contributed by atoms with Crippen molar-refractivity contribution >= 4 is 27.6 Å². The van der Waals surface area contributed by atoms with Crippen LogP contribution in [0.5, 0.6) is 11.5 Å². The third kappa shape index (κ3) is 5.70. The third-order valence-corrected chi connectivity index (χ3v) is 7.39. The van der Waals surface area contributed by atoms with Crippen LogP contribution in [0, 0.1) is 11.8 Å². The Morgan fingerprint density at radius 1 is 1.03 bits per heavy atom. The van der Waals surface area contributed by atoms with E-state index >= 15 is 0 Å². The third-order valence-electron chi connectivity index (χ3n) is 6.03. The first-order chi connectivity index (χ1) is 16.6. The Balaban J connectivity index is 1.48. The number of anilines is 1. The predicted molar refractivity (Wildman–Crippen MR) is 129 cm³/mol. The predicted octanol–water partition coefficient (Wildman–Crippen LogP) is 3.31. The molecule has 188 valence electrons. The zero-order chi connectivity index (χ0) is 25.2. The molecule has 3 atom stereocenters. The molecule has 2 aromatic carbocycles. The highest BCUT2D eigenvalue weighted by Gasteiger charge is 2.31. The van der Waals surface area contributed by atoms with E-state index in [2.05, 4.69) is 18.6 Å². The largest absolute Gasteiger partial charge is 0.486 e. The lowest BCUT2D eigenvalue weighted by atomic mass is 9.91. The van der Waals surface area contributed by atoms with Crippen molar-refractivity contribution in [2.24, 2.45) is 11.8 Å². The van der Waals surface area contributed by atoms with Crippen molar-refractivity contribution in [3.63, 3.8) is 0 Å². The fourth-order valence-electron chi connectivity index (χ4n) is 4.52. The summed E-state index contributed by atoms with van der Waals surface area (Å²) in [7, 11) is -4.05. The number of hydrogen-bond acceptors (Lipinski definition) is 7. The fourth-order valence-corrected chi connectivity index (χ4v) is 5.61. The van der Waals surface area contributed by atoms with E-state index in [1.54, 1.807) is 17.0 Å². The lowest BCUT2D eigenvalue weighted by Gasteiger charge is -2.36. The van der Waals surface area contributed by atoms with Gasteiger partial charge in [0, 0.05) is 19.2 Å². The Hall–Kier alpha value is -3.27. The molecule has 0 spiro atoms. The zero-order valence-electron chi connectivity index (χ0n) is 20.0. The molecule has 1 saturated heterocycles. The van der Waals surface area contributed by atoms with Crippen molar-refractivity contribution in [2.75, 3.05) is 31.0 Å². The quantitative estimate of drug-likeness (QED) is 0.603. The Kier molecular flexibility index (Phi) is 7.20. The Labute approximate surface area is 205 Å². The fraction of sp³-hybridized carbons (Fsp3) is 0.440. The number of likely N-dealkylation sites (tertiary alicyclic amines) is 1. The van der Waals surface area contributed by atoms with Crippen LogP contribution in [0.1, 0.15) is 37.6 Å². The summed E-state index contributed by atoms with van der Waals surface area (Å²) >= 11 is 0. The molecular weight excluding hydrogens is 472 g/mol. The van der Waals surface area contributed by atoms with Crippen LogP contribution in [0.3, 0.4) is 0 Å². The summed E-state index contributed by atoms with van der Waals surface area (Å²) in [6.45, 7) is 7.68. The number of hydrogen-bond donors (Lipinski definition) is 1. The van der Waals surface area contributed by atoms with Crippen LogP contribution >= 0.6 is 0 Å². The molecule has 1 fully saturated rings. The van der Waals surface area contributed by atoms with Crippen molar-refractivity contribution in [1.29, 1.82) is 0 Å². The number of ether oxygens (including phenoxy) is 3. The number of carbonyl (C=O) groups excluding carboxylic acids is 2. The van der Waals surface area contributed by atoms with Gasteiger partial charge in [0.25, 0.3) is 15.9 Å². The molecule has 2 aromatic rings. The van der Waals surface area contributed by atoms with Crippen molar-refractivity contribution < 1.29 is 32.2 Å². The number of piperidine rings is 1. The van der Waals surface area contributed by atoms with E-state index in [1.807, 2.05) is 0 Å². The maximum absolute atomic E-state index is 13.0. The van der Waals surface area contributed by atoms with Gasteiger partial charge in [0.15, 0.2) is 17.6 Å². The molecule has 0 radical (unpaired) electrons. The van der Waals surface area contributed by atoms with Gasteiger partial charge in [-0.3, -0.25) is 9.52 Å². The van der Waals surface area contributed by atoms with E-state index < -0.39 is 22.1 Å². The number of esters is 1. The molecule has 1 N–H and O–H groups in total. The number of fused-ring (bicyclic) bond motifs is 1. The highest BCUT2D eigenvalue weighted by Crippen LogP contribution is 2.33. The van der Waals surface area contributed by atoms with Gasteiger partial charge in [-0.1, -0.05) is 26.0 Å². The number of nitrogens with one attached hydrogen (secondary N) is 1. The summed E-state index contributed by atoms with van der Waals surface area (Å²) in [6.07, 6.45) is 0.0527. The van der Waals surface area contributed by atoms with Gasteiger partial charge in [-0.25, -0.2) is 13.2 Å². The van der Waals surface area contributed by atoms with E-state index in [-0.39, 0.29) is 22.1 Å². The molecular formula is C25H30N2O7S. The Morgan fingerprint density at radius 2 is 1.69 bits per heavy atom. The number of nitrogens with zero attached hydrogens (tertiary/aromatic N) is 1. The minimum Gasteiger partial charge on any atom is -0.486 e. The molecule has 0 aromatic heterocycles. The molecule has 0 saturated carbocycles. The second-order valence-electron chi connectivity index (χ2n) is 9.19. The van der Waals surface area contributed by atoms with Gasteiger partial charge in [-0.05, 0) is 49.4 Å². The normalized spacial score (nSPS) is 20.6. The zero-order valence-corrected chi connectivity index (χ0v) is 20.8. The molecule has 4 rings (SSSR count). The summed E-state index contributed by atoms with van der Waals surface area (Å²) in [4.78, 5) is 27.5. The minimum absolute atomic E-state index is 0.00801. The van der Waals surface area contributed by atoms with E-state index in [0.29, 0.717) is 49.6 Å². The second kappa shape index (κ2) is 10.2. The van der Waals surface area contributed by atoms with Crippen LogP contribution in [0.25, 0.3) is 0 Å². The van der Waals surface area contributed by atoms with Gasteiger partial charge in [0.1, 0.15) is 13.2 Å². The highest BCUT2D eigenvalue weighted by atomic mass is 32.2. The smallest absolute Gasteiger partial charge is 0.341 e. The maximum Gasteiger partial charge on any atom is 0.341 e. The van der Waals surface area contributed by atoms with E-state index in [1.165, 1.54) is 37.3 Å². The van der Waals surface area contributed by atoms with Gasteiger partial charge in [0.2, 0.25) is 0 Å². The molecule has 35 heavy (non-hydrogen) atoms. The van der Waals surface area contributed by atoms with Crippen LogP contribution in [0.15, 0.2) is 47.4 Å². The van der Waals surface area contributed by atoms with Crippen LogP contribution < -0.4 is 14.2 Å². The summed E-state index contributed by atoms with van der Waals surface area (Å²) < 4.78 is 44.9. The molecule has 2 aliphatic heterocycles. The first-order valence-electron chi connectivity index (χ1n) is 11.7. The maximum atomic E-state index is 13.0. The lowest BCUT2D eigenvalue weighted by Crippen LogP contribution is -2.47. The molecule has 9 nitrogen and oxygen atoms in total. The molecule has 0 aliphatic carbocycles. The topological polar surface area (TPSA) is 111 Å². The minimum atomic E-state index is -4.05. The monoisotopic (exact) mass is 502 g/mol. The van der Waals surface area contributed by atoms with Crippen molar-refractivity contribution in [3.8, 4) is 11.5 Å². The van der Waals surface area contributed by atoms with Crippen LogP contribution in [-0.4, -0.2) is 57.6 Å². The van der Waals surface area contributed by atoms with Crippen LogP contribution in [0.2, 0.25) is 0 Å². The average Bonchev–Trinajstić information content (AvgIpc) is 2.82. The molecule has 0 bridgehead atoms. The average molecular weight is 503 g/mol. The number of para-hydroxylation sites is 1. The summed E-state index contributed by atoms with van der Waals surface area (Å²) in [6, 6.07) is 10.4. The van der Waals surface area contributed by atoms with Crippen molar-refractivity contribution in [1.82, 2.24) is 4.90 Å². The van der Waals surface area contributed by atoms with Crippen molar-refractivity contribution in [3.05, 3.63) is 48.0 Å². The van der Waals surface area contributed by atoms with Crippen LogP contribution in [-0.2, 0) is 19.6 Å².